The molecule has 1 fully saturated rings. The minimum atomic E-state index is -3.25. The van der Waals surface area contributed by atoms with Crippen molar-refractivity contribution in [3.63, 3.8) is 0 Å². The summed E-state index contributed by atoms with van der Waals surface area (Å²) in [5.41, 5.74) is 2.96. The summed E-state index contributed by atoms with van der Waals surface area (Å²) in [6.07, 6.45) is 3.06. The van der Waals surface area contributed by atoms with E-state index in [0.29, 0.717) is 17.1 Å². The molecule has 1 aliphatic carbocycles. The summed E-state index contributed by atoms with van der Waals surface area (Å²) in [5.74, 6) is 0.929. The van der Waals surface area contributed by atoms with Crippen LogP contribution in [0, 0.1) is 25.2 Å². The number of hydrogen-bond acceptors (Lipinski definition) is 5. The van der Waals surface area contributed by atoms with E-state index in [0.717, 1.165) is 35.9 Å². The highest BCUT2D eigenvalue weighted by molar-refractivity contribution is 7.89. The molecule has 6 nitrogen and oxygen atoms in total. The van der Waals surface area contributed by atoms with Gasteiger partial charge in [0.25, 0.3) is 0 Å². The topological polar surface area (TPSA) is 85.0 Å². The van der Waals surface area contributed by atoms with Gasteiger partial charge >= 0.3 is 0 Å². The molecule has 1 aromatic heterocycles. The lowest BCUT2D eigenvalue weighted by Crippen LogP contribution is -2.12. The van der Waals surface area contributed by atoms with Crippen LogP contribution in [-0.4, -0.2) is 24.5 Å². The van der Waals surface area contributed by atoms with E-state index in [1.807, 2.05) is 13.8 Å². The Morgan fingerprint density at radius 3 is 2.44 bits per heavy atom. The maximum absolute atomic E-state index is 11.7. The standard InChI is InChI=1S/C17H18ClN3O3S/c1-10-6-13(7-11(2)14(10)8-19)24-16-15(12-4-5-12)21(20-17(16)18)9-25(3,22)23/h6-7,12H,4-5,9H2,1-3H3. The molecule has 0 bridgehead atoms. The van der Waals surface area contributed by atoms with Crippen LogP contribution in [0.5, 0.6) is 11.5 Å². The Morgan fingerprint density at radius 2 is 1.96 bits per heavy atom. The predicted molar refractivity (Wildman–Crippen MR) is 94.8 cm³/mol. The Hall–Kier alpha value is -2.04. The van der Waals surface area contributed by atoms with E-state index in [2.05, 4.69) is 11.2 Å². The summed E-state index contributed by atoms with van der Waals surface area (Å²) < 4.78 is 30.7. The SMILES string of the molecule is Cc1cc(Oc2c(Cl)nn(CS(C)(=O)=O)c2C2CC2)cc(C)c1C#N. The van der Waals surface area contributed by atoms with Crippen LogP contribution in [0.15, 0.2) is 12.1 Å². The summed E-state index contributed by atoms with van der Waals surface area (Å²) in [7, 11) is -3.25. The number of aryl methyl sites for hydroxylation is 2. The Bertz CT molecular complexity index is 962. The summed E-state index contributed by atoms with van der Waals surface area (Å²) in [4.78, 5) is 0. The summed E-state index contributed by atoms with van der Waals surface area (Å²) >= 11 is 6.23. The molecule has 1 aromatic carbocycles. The van der Waals surface area contributed by atoms with Crippen molar-refractivity contribution in [2.75, 3.05) is 6.26 Å². The van der Waals surface area contributed by atoms with Gasteiger partial charge in [0.15, 0.2) is 20.7 Å². The largest absolute Gasteiger partial charge is 0.452 e. The molecular weight excluding hydrogens is 362 g/mol. The smallest absolute Gasteiger partial charge is 0.194 e. The highest BCUT2D eigenvalue weighted by atomic mass is 35.5. The first kappa shape index (κ1) is 17.8. The first-order valence-corrected chi connectivity index (χ1v) is 10.3. The van der Waals surface area contributed by atoms with Crippen LogP contribution in [0.3, 0.4) is 0 Å². The second-order valence-electron chi connectivity index (χ2n) is 6.48. The van der Waals surface area contributed by atoms with Crippen LogP contribution in [0.1, 0.15) is 41.1 Å². The van der Waals surface area contributed by atoms with Gasteiger partial charge in [0, 0.05) is 12.2 Å². The Labute approximate surface area is 151 Å². The van der Waals surface area contributed by atoms with Gasteiger partial charge in [-0.15, -0.1) is 0 Å². The molecular formula is C17H18ClN3O3S. The number of benzene rings is 1. The van der Waals surface area contributed by atoms with Gasteiger partial charge in [-0.1, -0.05) is 11.6 Å². The van der Waals surface area contributed by atoms with Crippen LogP contribution in [0.25, 0.3) is 0 Å². The molecule has 1 heterocycles. The van der Waals surface area contributed by atoms with Gasteiger partial charge in [0.05, 0.1) is 17.3 Å². The highest BCUT2D eigenvalue weighted by Crippen LogP contribution is 2.48. The average Bonchev–Trinajstić information content (AvgIpc) is 3.25. The average molecular weight is 380 g/mol. The maximum Gasteiger partial charge on any atom is 0.194 e. The Balaban J connectivity index is 2.02. The number of sulfone groups is 1. The highest BCUT2D eigenvalue weighted by Gasteiger charge is 2.34. The van der Waals surface area contributed by atoms with Crippen LogP contribution in [0.2, 0.25) is 5.15 Å². The first-order valence-electron chi connectivity index (χ1n) is 7.82. The monoisotopic (exact) mass is 379 g/mol. The molecule has 3 rings (SSSR count). The third-order valence-corrected chi connectivity index (χ3v) is 5.03. The lowest BCUT2D eigenvalue weighted by Gasteiger charge is -2.11. The molecule has 0 spiro atoms. The van der Waals surface area contributed by atoms with E-state index in [4.69, 9.17) is 16.3 Å². The van der Waals surface area contributed by atoms with Crippen LogP contribution >= 0.6 is 11.6 Å². The van der Waals surface area contributed by atoms with Crippen LogP contribution < -0.4 is 4.74 Å². The molecule has 0 radical (unpaired) electrons. The summed E-state index contributed by atoms with van der Waals surface area (Å²) in [6.45, 7) is 3.68. The number of nitrogens with zero attached hydrogens (tertiary/aromatic N) is 3. The van der Waals surface area contributed by atoms with Crippen molar-refractivity contribution in [3.8, 4) is 17.6 Å². The minimum absolute atomic E-state index is 0.144. The quantitative estimate of drug-likeness (QED) is 0.790. The molecule has 132 valence electrons. The summed E-state index contributed by atoms with van der Waals surface area (Å²) in [5, 5.41) is 13.5. The van der Waals surface area contributed by atoms with Gasteiger partial charge in [-0.2, -0.15) is 10.4 Å². The molecule has 8 heteroatoms. The maximum atomic E-state index is 11.7. The van der Waals surface area contributed by atoms with Crippen molar-refractivity contribution < 1.29 is 13.2 Å². The predicted octanol–water partition coefficient (Wildman–Crippen LogP) is 3.70. The van der Waals surface area contributed by atoms with Gasteiger partial charge in [-0.3, -0.25) is 0 Å². The van der Waals surface area contributed by atoms with E-state index in [9.17, 15) is 13.7 Å². The third-order valence-electron chi connectivity index (χ3n) is 4.07. The minimum Gasteiger partial charge on any atom is -0.452 e. The van der Waals surface area contributed by atoms with Crippen molar-refractivity contribution in [1.82, 2.24) is 9.78 Å². The van der Waals surface area contributed by atoms with E-state index < -0.39 is 9.84 Å². The summed E-state index contributed by atoms with van der Waals surface area (Å²) in [6, 6.07) is 5.71. The molecule has 0 aliphatic heterocycles. The number of ether oxygens (including phenoxy) is 1. The number of aromatic nitrogens is 2. The van der Waals surface area contributed by atoms with E-state index in [1.165, 1.54) is 4.68 Å². The van der Waals surface area contributed by atoms with Gasteiger partial charge in [0.1, 0.15) is 11.6 Å². The van der Waals surface area contributed by atoms with Crippen molar-refractivity contribution in [2.45, 2.75) is 38.5 Å². The van der Waals surface area contributed by atoms with Crippen molar-refractivity contribution in [1.29, 1.82) is 5.26 Å². The van der Waals surface area contributed by atoms with Crippen LogP contribution in [0.4, 0.5) is 0 Å². The van der Waals surface area contributed by atoms with Crippen molar-refractivity contribution >= 4 is 21.4 Å². The fraction of sp³-hybridized carbons (Fsp3) is 0.412. The second-order valence-corrected chi connectivity index (χ2v) is 8.95. The fourth-order valence-corrected chi connectivity index (χ4v) is 3.74. The second kappa shape index (κ2) is 6.36. The Morgan fingerprint density at radius 1 is 1.36 bits per heavy atom. The zero-order valence-electron chi connectivity index (χ0n) is 14.2. The molecule has 0 saturated heterocycles. The van der Waals surface area contributed by atoms with Gasteiger partial charge in [-0.25, -0.2) is 13.1 Å². The van der Waals surface area contributed by atoms with E-state index in [1.54, 1.807) is 12.1 Å². The molecule has 0 N–H and O–H groups in total. The van der Waals surface area contributed by atoms with Gasteiger partial charge in [0.2, 0.25) is 0 Å². The zero-order valence-corrected chi connectivity index (χ0v) is 15.8. The number of hydrogen-bond donors (Lipinski definition) is 0. The molecule has 0 amide bonds. The number of nitriles is 1. The number of rotatable bonds is 5. The fourth-order valence-electron chi connectivity index (χ4n) is 2.87. The van der Waals surface area contributed by atoms with Crippen molar-refractivity contribution in [2.24, 2.45) is 0 Å². The lowest BCUT2D eigenvalue weighted by atomic mass is 10.0. The van der Waals surface area contributed by atoms with Crippen molar-refractivity contribution in [3.05, 3.63) is 39.7 Å². The number of halogens is 1. The zero-order chi connectivity index (χ0) is 18.4. The molecule has 1 aliphatic rings. The normalized spacial score (nSPS) is 14.4. The Kier molecular flexibility index (Phi) is 4.52. The molecule has 2 aromatic rings. The van der Waals surface area contributed by atoms with E-state index >= 15 is 0 Å². The first-order chi connectivity index (χ1) is 11.7. The van der Waals surface area contributed by atoms with Crippen LogP contribution in [-0.2, 0) is 15.7 Å². The van der Waals surface area contributed by atoms with Gasteiger partial charge < -0.3 is 4.74 Å². The molecule has 25 heavy (non-hydrogen) atoms. The third kappa shape index (κ3) is 3.80. The molecule has 0 atom stereocenters. The molecule has 1 saturated carbocycles. The molecule has 0 unspecified atom stereocenters. The van der Waals surface area contributed by atoms with E-state index in [-0.39, 0.29) is 16.9 Å². The van der Waals surface area contributed by atoms with Gasteiger partial charge in [-0.05, 0) is 49.9 Å². The lowest BCUT2D eigenvalue weighted by molar-refractivity contribution is 0.472.